The number of nitriles is 2. The first-order valence-corrected chi connectivity index (χ1v) is 4.63. The fourth-order valence-electron chi connectivity index (χ4n) is 1.26. The van der Waals surface area contributed by atoms with Crippen LogP contribution in [0.3, 0.4) is 0 Å². The van der Waals surface area contributed by atoms with E-state index >= 15 is 0 Å². The molecule has 0 bridgehead atoms. The van der Waals surface area contributed by atoms with Gasteiger partial charge in [0.15, 0.2) is 0 Å². The van der Waals surface area contributed by atoms with E-state index in [4.69, 9.17) is 10.5 Å². The normalized spacial score (nSPS) is 8.27. The molecule has 0 saturated heterocycles. The van der Waals surface area contributed by atoms with Crippen molar-refractivity contribution in [3.8, 4) is 11.0 Å². The van der Waals surface area contributed by atoms with E-state index in [1.165, 1.54) is 10.4 Å². The summed E-state index contributed by atoms with van der Waals surface area (Å²) in [6.07, 6.45) is 0. The molecule has 0 aliphatic carbocycles. The number of rotatable bonds is 0. The minimum atomic E-state index is 0.716. The first-order chi connectivity index (χ1) is 7.31. The van der Waals surface area contributed by atoms with Crippen molar-refractivity contribution >= 4 is 10.8 Å². The van der Waals surface area contributed by atoms with E-state index in [-0.39, 0.29) is 0 Å². The zero-order chi connectivity index (χ0) is 11.1. The topological polar surface area (TPSA) is 47.6 Å². The first kappa shape index (κ1) is 11.3. The van der Waals surface area contributed by atoms with E-state index in [0.717, 1.165) is 5.39 Å². The third-order valence-corrected chi connectivity index (χ3v) is 1.88. The number of fused-ring (bicyclic) bond motifs is 1. The Kier molecular flexibility index (Phi) is 4.38. The summed E-state index contributed by atoms with van der Waals surface area (Å²) in [5, 5.41) is 18.1. The molecule has 3 heteroatoms. The van der Waals surface area contributed by atoms with Gasteiger partial charge in [-0.3, -0.25) is 0 Å². The quantitative estimate of drug-likeness (QED) is 0.667. The Labute approximate surface area is 96.6 Å². The maximum atomic E-state index is 8.65. The summed E-state index contributed by atoms with van der Waals surface area (Å²) in [6, 6.07) is 15.8. The van der Waals surface area contributed by atoms with Crippen molar-refractivity contribution in [3.05, 3.63) is 48.0 Å². The molecular weight excluding hydrogens is 236 g/mol. The molecule has 0 saturated carbocycles. The van der Waals surface area contributed by atoms with Crippen LogP contribution in [-0.2, 0) is 16.0 Å². The Balaban J connectivity index is 0.000000337. The average molecular weight is 243 g/mol. The Hall–Kier alpha value is -1.80. The van der Waals surface area contributed by atoms with Gasteiger partial charge in [0, 0.05) is 0 Å². The summed E-state index contributed by atoms with van der Waals surface area (Å²) in [5.41, 5.74) is 0.716. The standard InChI is InChI=1S/C11H7N.CN.Cu/c12-8-9-5-6-10-3-1-2-4-11(10)7-9;1-2;/h1-7H;;. The van der Waals surface area contributed by atoms with Crippen LogP contribution >= 0.6 is 0 Å². The molecular formula is C12H7CuN2. The molecule has 0 aliphatic rings. The van der Waals surface area contributed by atoms with Gasteiger partial charge in [-0.15, -0.1) is 0 Å². The Bertz CT molecular complexity index is 535. The van der Waals surface area contributed by atoms with E-state index in [1.807, 2.05) is 42.5 Å². The summed E-state index contributed by atoms with van der Waals surface area (Å²) < 4.78 is 0. The van der Waals surface area contributed by atoms with Crippen molar-refractivity contribution in [1.82, 2.24) is 0 Å². The van der Waals surface area contributed by atoms with Gasteiger partial charge >= 0.3 is 26.2 Å². The van der Waals surface area contributed by atoms with Gasteiger partial charge in [0.2, 0.25) is 0 Å². The van der Waals surface area contributed by atoms with Crippen molar-refractivity contribution in [1.29, 1.82) is 10.5 Å². The van der Waals surface area contributed by atoms with Gasteiger partial charge in [-0.25, -0.2) is 0 Å². The van der Waals surface area contributed by atoms with Gasteiger partial charge in [0.05, 0.1) is 11.6 Å². The zero-order valence-corrected chi connectivity index (χ0v) is 8.68. The predicted octanol–water partition coefficient (Wildman–Crippen LogP) is 2.73. The molecule has 15 heavy (non-hydrogen) atoms. The molecule has 0 spiro atoms. The Morgan fingerprint density at radius 2 is 1.53 bits per heavy atom. The summed E-state index contributed by atoms with van der Waals surface area (Å²) >= 11 is 3.81. The van der Waals surface area contributed by atoms with Crippen molar-refractivity contribution in [2.45, 2.75) is 0 Å². The van der Waals surface area contributed by atoms with Gasteiger partial charge in [0.25, 0.3) is 0 Å². The van der Waals surface area contributed by atoms with Crippen LogP contribution in [0.2, 0.25) is 0 Å². The van der Waals surface area contributed by atoms with Crippen LogP contribution in [0.4, 0.5) is 0 Å². The molecule has 76 valence electrons. The molecule has 0 unspecified atom stereocenters. The molecule has 2 aromatic carbocycles. The van der Waals surface area contributed by atoms with E-state index in [1.54, 1.807) is 0 Å². The van der Waals surface area contributed by atoms with Gasteiger partial charge in [-0.05, 0) is 22.9 Å². The summed E-state index contributed by atoms with van der Waals surface area (Å²) in [6.45, 7) is 0. The van der Waals surface area contributed by atoms with E-state index < -0.39 is 0 Å². The number of benzene rings is 2. The van der Waals surface area contributed by atoms with Crippen LogP contribution in [0.25, 0.3) is 10.8 Å². The monoisotopic (exact) mass is 242 g/mol. The summed E-state index contributed by atoms with van der Waals surface area (Å²) in [5.74, 6) is 0. The van der Waals surface area contributed by atoms with Gasteiger partial charge in [0.1, 0.15) is 0 Å². The molecule has 0 heterocycles. The molecule has 0 N–H and O–H groups in total. The fourth-order valence-corrected chi connectivity index (χ4v) is 1.26. The van der Waals surface area contributed by atoms with E-state index in [0.29, 0.717) is 5.56 Å². The second-order valence-electron chi connectivity index (χ2n) is 2.74. The van der Waals surface area contributed by atoms with Gasteiger partial charge < -0.3 is 0 Å². The van der Waals surface area contributed by atoms with Crippen molar-refractivity contribution in [2.24, 2.45) is 0 Å². The van der Waals surface area contributed by atoms with Crippen molar-refractivity contribution < 1.29 is 16.0 Å². The van der Waals surface area contributed by atoms with Crippen LogP contribution in [0.5, 0.6) is 0 Å². The molecule has 0 atom stereocenters. The molecule has 0 aromatic heterocycles. The molecule has 2 nitrogen and oxygen atoms in total. The second-order valence-corrected chi connectivity index (χ2v) is 2.95. The summed E-state index contributed by atoms with van der Waals surface area (Å²) in [4.78, 5) is 1.31. The van der Waals surface area contributed by atoms with Gasteiger partial charge in [-0.1, -0.05) is 30.3 Å². The SMILES string of the molecule is N#Cc1ccc2ccccc2c1.N#[C][Cu]. The van der Waals surface area contributed by atoms with Crippen LogP contribution in [0.15, 0.2) is 42.5 Å². The van der Waals surface area contributed by atoms with Crippen LogP contribution in [-0.4, -0.2) is 0 Å². The summed E-state index contributed by atoms with van der Waals surface area (Å²) in [7, 11) is 0. The van der Waals surface area contributed by atoms with E-state index in [2.05, 4.69) is 22.1 Å². The molecule has 0 amide bonds. The minimum absolute atomic E-state index is 0.716. The third-order valence-electron chi connectivity index (χ3n) is 1.88. The predicted molar refractivity (Wildman–Crippen MR) is 54.3 cm³/mol. The van der Waals surface area contributed by atoms with E-state index in [9.17, 15) is 0 Å². The van der Waals surface area contributed by atoms with Crippen molar-refractivity contribution in [2.75, 3.05) is 0 Å². The van der Waals surface area contributed by atoms with Crippen molar-refractivity contribution in [3.63, 3.8) is 0 Å². The zero-order valence-electron chi connectivity index (χ0n) is 7.74. The third kappa shape index (κ3) is 3.11. The van der Waals surface area contributed by atoms with Crippen LogP contribution in [0, 0.1) is 21.6 Å². The molecule has 2 aromatic rings. The number of hydrogen-bond donors (Lipinski definition) is 0. The molecule has 0 fully saturated rings. The first-order valence-electron chi connectivity index (χ1n) is 4.16. The number of hydrogen-bond acceptors (Lipinski definition) is 2. The average Bonchev–Trinajstić information content (AvgIpc) is 2.29. The van der Waals surface area contributed by atoms with Crippen LogP contribution < -0.4 is 0 Å². The molecule has 0 aliphatic heterocycles. The maximum absolute atomic E-state index is 8.65. The molecule has 2 rings (SSSR count). The second kappa shape index (κ2) is 5.83. The Morgan fingerprint density at radius 1 is 0.933 bits per heavy atom. The van der Waals surface area contributed by atoms with Gasteiger partial charge in [-0.2, -0.15) is 5.26 Å². The Morgan fingerprint density at radius 3 is 2.13 bits per heavy atom. The fraction of sp³-hybridized carbons (Fsp3) is 0. The number of nitrogens with zero attached hydrogens (tertiary/aromatic N) is 2. The van der Waals surface area contributed by atoms with Crippen LogP contribution in [0.1, 0.15) is 5.56 Å². The molecule has 0 radical (unpaired) electrons.